The molecule has 0 amide bonds. The number of thioether (sulfide) groups is 1. The van der Waals surface area contributed by atoms with Crippen LogP contribution in [0.3, 0.4) is 0 Å². The van der Waals surface area contributed by atoms with E-state index in [1.54, 1.807) is 0 Å². The molecule has 92 valence electrons. The molecule has 0 radical (unpaired) electrons. The molecule has 1 heterocycles. The van der Waals surface area contributed by atoms with Gasteiger partial charge in [0.1, 0.15) is 0 Å². The highest BCUT2D eigenvalue weighted by molar-refractivity contribution is 7.99. The molecule has 2 aliphatic rings. The number of carbonyl (C=O) groups is 1. The standard InChI is InChI=1S/C13H23NOS/c1-2-10-5-3-4-6-11(10)13(15)12-9-16-8-7-14-12/h10-12,14H,2-9H2,1H3. The lowest BCUT2D eigenvalue weighted by Crippen LogP contribution is -2.47. The van der Waals surface area contributed by atoms with Gasteiger partial charge in [0.25, 0.3) is 0 Å². The van der Waals surface area contributed by atoms with Gasteiger partial charge in [-0.3, -0.25) is 4.79 Å². The Bertz CT molecular complexity index is 238. The summed E-state index contributed by atoms with van der Waals surface area (Å²) in [6.07, 6.45) is 6.17. The summed E-state index contributed by atoms with van der Waals surface area (Å²) in [4.78, 5) is 12.4. The highest BCUT2D eigenvalue weighted by Crippen LogP contribution is 2.34. The Balaban J connectivity index is 1.95. The molecular weight excluding hydrogens is 218 g/mol. The summed E-state index contributed by atoms with van der Waals surface area (Å²) >= 11 is 1.92. The summed E-state index contributed by atoms with van der Waals surface area (Å²) in [5.41, 5.74) is 0. The molecule has 1 aliphatic heterocycles. The van der Waals surface area contributed by atoms with Gasteiger partial charge in [-0.15, -0.1) is 0 Å². The maximum Gasteiger partial charge on any atom is 0.153 e. The van der Waals surface area contributed by atoms with E-state index in [9.17, 15) is 4.79 Å². The van der Waals surface area contributed by atoms with Crippen molar-refractivity contribution >= 4 is 17.5 Å². The van der Waals surface area contributed by atoms with Gasteiger partial charge in [0.15, 0.2) is 5.78 Å². The molecule has 0 aromatic carbocycles. The fourth-order valence-electron chi connectivity index (χ4n) is 3.08. The smallest absolute Gasteiger partial charge is 0.153 e. The lowest BCUT2D eigenvalue weighted by atomic mass is 9.74. The van der Waals surface area contributed by atoms with Crippen LogP contribution in [0.5, 0.6) is 0 Å². The van der Waals surface area contributed by atoms with Gasteiger partial charge in [0.05, 0.1) is 6.04 Å². The van der Waals surface area contributed by atoms with Crippen LogP contribution >= 0.6 is 11.8 Å². The monoisotopic (exact) mass is 241 g/mol. The van der Waals surface area contributed by atoms with Crippen molar-refractivity contribution in [1.29, 1.82) is 0 Å². The first-order valence-electron chi connectivity index (χ1n) is 6.67. The maximum atomic E-state index is 12.4. The van der Waals surface area contributed by atoms with Gasteiger partial charge in [0, 0.05) is 24.0 Å². The van der Waals surface area contributed by atoms with Crippen LogP contribution in [-0.4, -0.2) is 29.9 Å². The van der Waals surface area contributed by atoms with Crippen molar-refractivity contribution in [1.82, 2.24) is 5.32 Å². The van der Waals surface area contributed by atoms with Gasteiger partial charge < -0.3 is 5.32 Å². The van der Waals surface area contributed by atoms with Gasteiger partial charge in [0.2, 0.25) is 0 Å². The van der Waals surface area contributed by atoms with Crippen molar-refractivity contribution < 1.29 is 4.79 Å². The summed E-state index contributed by atoms with van der Waals surface area (Å²) in [5.74, 6) is 3.68. The summed E-state index contributed by atoms with van der Waals surface area (Å²) in [6.45, 7) is 3.24. The van der Waals surface area contributed by atoms with E-state index in [2.05, 4.69) is 12.2 Å². The van der Waals surface area contributed by atoms with E-state index >= 15 is 0 Å². The van der Waals surface area contributed by atoms with E-state index in [4.69, 9.17) is 0 Å². The van der Waals surface area contributed by atoms with E-state index in [-0.39, 0.29) is 6.04 Å². The Morgan fingerprint density at radius 1 is 1.38 bits per heavy atom. The second kappa shape index (κ2) is 6.06. The fourth-order valence-corrected chi connectivity index (χ4v) is 4.02. The molecule has 0 aromatic rings. The van der Waals surface area contributed by atoms with Crippen molar-refractivity contribution in [2.24, 2.45) is 11.8 Å². The van der Waals surface area contributed by atoms with E-state index in [0.29, 0.717) is 17.6 Å². The molecule has 0 spiro atoms. The van der Waals surface area contributed by atoms with E-state index in [1.807, 2.05) is 11.8 Å². The van der Waals surface area contributed by atoms with E-state index < -0.39 is 0 Å². The lowest BCUT2D eigenvalue weighted by Gasteiger charge is -2.33. The van der Waals surface area contributed by atoms with Gasteiger partial charge in [-0.05, 0) is 18.8 Å². The molecule has 2 nitrogen and oxygen atoms in total. The number of nitrogens with one attached hydrogen (secondary N) is 1. The SMILES string of the molecule is CCC1CCCCC1C(=O)C1CSCCN1. The third-order valence-electron chi connectivity index (χ3n) is 4.06. The van der Waals surface area contributed by atoms with Crippen molar-refractivity contribution in [3.05, 3.63) is 0 Å². The zero-order valence-electron chi connectivity index (χ0n) is 10.2. The molecule has 3 heteroatoms. The molecule has 16 heavy (non-hydrogen) atoms. The predicted octanol–water partition coefficient (Wildman–Crippen LogP) is 2.48. The second-order valence-corrected chi connectivity index (χ2v) is 6.19. The summed E-state index contributed by atoms with van der Waals surface area (Å²) in [5, 5.41) is 3.39. The zero-order chi connectivity index (χ0) is 11.4. The lowest BCUT2D eigenvalue weighted by molar-refractivity contribution is -0.127. The van der Waals surface area contributed by atoms with Crippen molar-refractivity contribution in [2.45, 2.75) is 45.1 Å². The normalized spacial score (nSPS) is 35.9. The Labute approximate surface area is 103 Å². The number of hydrogen-bond donors (Lipinski definition) is 1. The van der Waals surface area contributed by atoms with Crippen LogP contribution in [0.25, 0.3) is 0 Å². The van der Waals surface area contributed by atoms with E-state index in [1.165, 1.54) is 25.7 Å². The fraction of sp³-hybridized carbons (Fsp3) is 0.923. The first-order chi connectivity index (χ1) is 7.83. The van der Waals surface area contributed by atoms with Gasteiger partial charge in [-0.25, -0.2) is 0 Å². The van der Waals surface area contributed by atoms with Gasteiger partial charge >= 0.3 is 0 Å². The van der Waals surface area contributed by atoms with Gasteiger partial charge in [-0.1, -0.05) is 26.2 Å². The minimum atomic E-state index is 0.149. The quantitative estimate of drug-likeness (QED) is 0.823. The molecule has 3 unspecified atom stereocenters. The van der Waals surface area contributed by atoms with Crippen LogP contribution in [0.1, 0.15) is 39.0 Å². The molecular formula is C13H23NOS. The maximum absolute atomic E-state index is 12.4. The molecule has 0 bridgehead atoms. The Morgan fingerprint density at radius 3 is 2.88 bits per heavy atom. The van der Waals surface area contributed by atoms with Crippen molar-refractivity contribution in [3.8, 4) is 0 Å². The molecule has 2 fully saturated rings. The van der Waals surface area contributed by atoms with Crippen LogP contribution in [0.4, 0.5) is 0 Å². The van der Waals surface area contributed by atoms with Crippen LogP contribution in [0.2, 0.25) is 0 Å². The predicted molar refractivity (Wildman–Crippen MR) is 69.9 cm³/mol. The second-order valence-electron chi connectivity index (χ2n) is 5.04. The summed E-state index contributed by atoms with van der Waals surface area (Å²) in [6, 6.07) is 0.149. The third kappa shape index (κ3) is 2.80. The Morgan fingerprint density at radius 2 is 2.19 bits per heavy atom. The molecule has 1 aliphatic carbocycles. The third-order valence-corrected chi connectivity index (χ3v) is 5.13. The molecule has 1 saturated carbocycles. The first kappa shape index (κ1) is 12.4. The summed E-state index contributed by atoms with van der Waals surface area (Å²) in [7, 11) is 0. The number of rotatable bonds is 3. The number of hydrogen-bond acceptors (Lipinski definition) is 3. The Hall–Kier alpha value is -0.0200. The average Bonchev–Trinajstić information content (AvgIpc) is 2.39. The van der Waals surface area contributed by atoms with Crippen LogP contribution in [0, 0.1) is 11.8 Å². The Kier molecular flexibility index (Phi) is 4.71. The number of Topliss-reactive ketones (excluding diaryl/α,β-unsaturated/α-hetero) is 1. The molecule has 1 N–H and O–H groups in total. The minimum Gasteiger partial charge on any atom is -0.306 e. The molecule has 1 saturated heterocycles. The van der Waals surface area contributed by atoms with E-state index in [0.717, 1.165) is 24.5 Å². The zero-order valence-corrected chi connectivity index (χ0v) is 11.0. The molecule has 3 atom stereocenters. The summed E-state index contributed by atoms with van der Waals surface area (Å²) < 4.78 is 0. The number of carbonyl (C=O) groups excluding carboxylic acids is 1. The average molecular weight is 241 g/mol. The first-order valence-corrected chi connectivity index (χ1v) is 7.83. The topological polar surface area (TPSA) is 29.1 Å². The van der Waals surface area contributed by atoms with Crippen LogP contribution in [-0.2, 0) is 4.79 Å². The molecule has 0 aromatic heterocycles. The van der Waals surface area contributed by atoms with Crippen LogP contribution in [0.15, 0.2) is 0 Å². The van der Waals surface area contributed by atoms with Crippen LogP contribution < -0.4 is 5.32 Å². The largest absolute Gasteiger partial charge is 0.306 e. The number of ketones is 1. The molecule has 2 rings (SSSR count). The highest BCUT2D eigenvalue weighted by Gasteiger charge is 2.34. The van der Waals surface area contributed by atoms with Crippen molar-refractivity contribution in [2.75, 3.05) is 18.1 Å². The van der Waals surface area contributed by atoms with Crippen molar-refractivity contribution in [3.63, 3.8) is 0 Å². The highest BCUT2D eigenvalue weighted by atomic mass is 32.2. The van der Waals surface area contributed by atoms with Gasteiger partial charge in [-0.2, -0.15) is 11.8 Å². The minimum absolute atomic E-state index is 0.149.